The third kappa shape index (κ3) is 4.20. The van der Waals surface area contributed by atoms with Crippen molar-refractivity contribution >= 4 is 5.82 Å². The molecular formula is C21H27N5. The Morgan fingerprint density at radius 3 is 2.46 bits per heavy atom. The van der Waals surface area contributed by atoms with E-state index >= 15 is 0 Å². The number of hydrogen-bond acceptors (Lipinski definition) is 5. The molecule has 1 saturated heterocycles. The van der Waals surface area contributed by atoms with Crippen LogP contribution >= 0.6 is 0 Å². The average molecular weight is 349 g/mol. The van der Waals surface area contributed by atoms with E-state index < -0.39 is 0 Å². The number of aromatic nitrogens is 2. The maximum Gasteiger partial charge on any atom is 0.167 e. The van der Waals surface area contributed by atoms with Gasteiger partial charge in [0.25, 0.3) is 0 Å². The second-order valence-corrected chi connectivity index (χ2v) is 6.85. The summed E-state index contributed by atoms with van der Waals surface area (Å²) in [7, 11) is 0. The summed E-state index contributed by atoms with van der Waals surface area (Å²) >= 11 is 0. The van der Waals surface area contributed by atoms with Crippen LogP contribution in [0.3, 0.4) is 0 Å². The topological polar surface area (TPSA) is 64.8 Å². The zero-order valence-electron chi connectivity index (χ0n) is 15.7. The molecule has 0 saturated carbocycles. The Balaban J connectivity index is 1.62. The van der Waals surface area contributed by atoms with Crippen molar-refractivity contribution in [2.45, 2.75) is 52.1 Å². The number of nitrogens with zero attached hydrogens (tertiary/aromatic N) is 4. The number of piperidine rings is 1. The maximum atomic E-state index is 9.62. The molecule has 3 rings (SSSR count). The Morgan fingerprint density at radius 1 is 1.12 bits per heavy atom. The average Bonchev–Trinajstić information content (AvgIpc) is 2.69. The molecule has 1 N–H and O–H groups in total. The van der Waals surface area contributed by atoms with Crippen LogP contribution in [0.1, 0.15) is 49.1 Å². The molecule has 1 aliphatic heterocycles. The van der Waals surface area contributed by atoms with Gasteiger partial charge in [-0.25, -0.2) is 0 Å². The highest BCUT2D eigenvalue weighted by atomic mass is 15.2. The van der Waals surface area contributed by atoms with Gasteiger partial charge in [-0.3, -0.25) is 4.90 Å². The molecule has 0 bridgehead atoms. The van der Waals surface area contributed by atoms with Gasteiger partial charge in [-0.2, -0.15) is 10.4 Å². The fourth-order valence-corrected chi connectivity index (χ4v) is 3.66. The van der Waals surface area contributed by atoms with E-state index in [1.54, 1.807) is 0 Å². The number of anilines is 1. The molecule has 1 aromatic carbocycles. The van der Waals surface area contributed by atoms with E-state index in [4.69, 9.17) is 0 Å². The van der Waals surface area contributed by atoms with Crippen LogP contribution in [0, 0.1) is 11.3 Å². The first-order chi connectivity index (χ1) is 12.7. The van der Waals surface area contributed by atoms with Crippen LogP contribution in [0.4, 0.5) is 5.82 Å². The van der Waals surface area contributed by atoms with E-state index in [2.05, 4.69) is 70.7 Å². The minimum atomic E-state index is 0.348. The lowest BCUT2D eigenvalue weighted by molar-refractivity contribution is 0.211. The predicted octanol–water partition coefficient (Wildman–Crippen LogP) is 3.55. The van der Waals surface area contributed by atoms with Crippen molar-refractivity contribution < 1.29 is 0 Å². The van der Waals surface area contributed by atoms with Crippen molar-refractivity contribution in [3.05, 3.63) is 52.7 Å². The molecule has 26 heavy (non-hydrogen) atoms. The number of likely N-dealkylation sites (tertiary alicyclic amines) is 1. The van der Waals surface area contributed by atoms with Gasteiger partial charge < -0.3 is 5.32 Å². The van der Waals surface area contributed by atoms with Gasteiger partial charge in [0.15, 0.2) is 5.82 Å². The van der Waals surface area contributed by atoms with Gasteiger partial charge in [0.2, 0.25) is 0 Å². The zero-order chi connectivity index (χ0) is 18.4. The minimum absolute atomic E-state index is 0.348. The lowest BCUT2D eigenvalue weighted by Gasteiger charge is -2.32. The highest BCUT2D eigenvalue weighted by Crippen LogP contribution is 2.23. The Labute approximate surface area is 156 Å². The third-order valence-electron chi connectivity index (χ3n) is 5.14. The summed E-state index contributed by atoms with van der Waals surface area (Å²) < 4.78 is 0. The summed E-state index contributed by atoms with van der Waals surface area (Å²) in [5, 5.41) is 21.8. The maximum absolute atomic E-state index is 9.62. The molecule has 1 aromatic heterocycles. The van der Waals surface area contributed by atoms with E-state index in [1.807, 2.05) is 0 Å². The van der Waals surface area contributed by atoms with Gasteiger partial charge in [0, 0.05) is 25.7 Å². The molecule has 2 aromatic rings. The van der Waals surface area contributed by atoms with E-state index in [9.17, 15) is 5.26 Å². The molecule has 0 aliphatic carbocycles. The molecular weight excluding hydrogens is 322 g/mol. The molecule has 2 heterocycles. The molecule has 1 aliphatic rings. The molecule has 0 unspecified atom stereocenters. The first-order valence-electron chi connectivity index (χ1n) is 9.56. The predicted molar refractivity (Wildman–Crippen MR) is 104 cm³/mol. The van der Waals surface area contributed by atoms with Gasteiger partial charge in [0.05, 0.1) is 5.69 Å². The second kappa shape index (κ2) is 8.77. The lowest BCUT2D eigenvalue weighted by atomic mass is 10.0. The second-order valence-electron chi connectivity index (χ2n) is 6.85. The lowest BCUT2D eigenvalue weighted by Crippen LogP contribution is -2.39. The Bertz CT molecular complexity index is 758. The minimum Gasteiger partial charge on any atom is -0.365 e. The Morgan fingerprint density at radius 2 is 1.85 bits per heavy atom. The standard InChI is InChI=1S/C21H27N5/c1-3-18-19(14-22)21(25-24-20(18)4-2)23-17-10-12-26(13-11-17)15-16-8-6-5-7-9-16/h5-9,17H,3-4,10-13,15H2,1-2H3,(H,23,25). The molecule has 1 fully saturated rings. The van der Waals surface area contributed by atoms with Crippen LogP contribution in [0.25, 0.3) is 0 Å². The summed E-state index contributed by atoms with van der Waals surface area (Å²) in [4.78, 5) is 2.49. The molecule has 0 radical (unpaired) electrons. The van der Waals surface area contributed by atoms with Crippen molar-refractivity contribution in [1.29, 1.82) is 5.26 Å². The Hall–Kier alpha value is -2.45. The summed E-state index contributed by atoms with van der Waals surface area (Å²) in [6, 6.07) is 13.3. The fraction of sp³-hybridized carbons (Fsp3) is 0.476. The number of rotatable bonds is 6. The van der Waals surface area contributed by atoms with E-state index in [0.717, 1.165) is 56.6 Å². The summed E-state index contributed by atoms with van der Waals surface area (Å²) in [5.74, 6) is 0.656. The third-order valence-corrected chi connectivity index (χ3v) is 5.14. The van der Waals surface area contributed by atoms with Gasteiger partial charge in [-0.15, -0.1) is 5.10 Å². The van der Waals surface area contributed by atoms with Gasteiger partial charge >= 0.3 is 0 Å². The SMILES string of the molecule is CCc1nnc(NC2CCN(Cc3ccccc3)CC2)c(C#N)c1CC. The van der Waals surface area contributed by atoms with Crippen LogP contribution < -0.4 is 5.32 Å². The van der Waals surface area contributed by atoms with E-state index in [0.29, 0.717) is 17.4 Å². The highest BCUT2D eigenvalue weighted by molar-refractivity contribution is 5.57. The number of nitrogens with one attached hydrogen (secondary N) is 1. The first kappa shape index (κ1) is 18.3. The quantitative estimate of drug-likeness (QED) is 0.864. The van der Waals surface area contributed by atoms with Gasteiger partial charge in [-0.1, -0.05) is 44.2 Å². The van der Waals surface area contributed by atoms with Crippen LogP contribution in [0.15, 0.2) is 30.3 Å². The highest BCUT2D eigenvalue weighted by Gasteiger charge is 2.22. The van der Waals surface area contributed by atoms with E-state index in [-0.39, 0.29) is 0 Å². The van der Waals surface area contributed by atoms with Crippen molar-refractivity contribution in [1.82, 2.24) is 15.1 Å². The van der Waals surface area contributed by atoms with Crippen LogP contribution in [0.5, 0.6) is 0 Å². The summed E-state index contributed by atoms with van der Waals surface area (Å²) in [6.07, 6.45) is 3.72. The Kier molecular flexibility index (Phi) is 6.19. The molecule has 5 heteroatoms. The van der Waals surface area contributed by atoms with Gasteiger partial charge in [-0.05, 0) is 36.8 Å². The molecule has 136 valence electrons. The zero-order valence-corrected chi connectivity index (χ0v) is 15.7. The van der Waals surface area contributed by atoms with Crippen molar-refractivity contribution in [3.63, 3.8) is 0 Å². The normalized spacial score (nSPS) is 15.6. The van der Waals surface area contributed by atoms with Gasteiger partial charge in [0.1, 0.15) is 11.6 Å². The number of nitriles is 1. The molecule has 0 atom stereocenters. The van der Waals surface area contributed by atoms with Crippen LogP contribution in [0.2, 0.25) is 0 Å². The van der Waals surface area contributed by atoms with Crippen molar-refractivity contribution in [3.8, 4) is 6.07 Å². The number of benzene rings is 1. The fourth-order valence-electron chi connectivity index (χ4n) is 3.66. The molecule has 0 spiro atoms. The molecule has 0 amide bonds. The molecule has 5 nitrogen and oxygen atoms in total. The summed E-state index contributed by atoms with van der Waals surface area (Å²) in [5.41, 5.74) is 4.01. The first-order valence-corrected chi connectivity index (χ1v) is 9.56. The van der Waals surface area contributed by atoms with Crippen LogP contribution in [-0.4, -0.2) is 34.2 Å². The number of aryl methyl sites for hydroxylation is 1. The van der Waals surface area contributed by atoms with Crippen molar-refractivity contribution in [2.75, 3.05) is 18.4 Å². The number of hydrogen-bond donors (Lipinski definition) is 1. The monoisotopic (exact) mass is 349 g/mol. The van der Waals surface area contributed by atoms with Crippen LogP contribution in [-0.2, 0) is 19.4 Å². The summed E-state index contributed by atoms with van der Waals surface area (Å²) in [6.45, 7) is 7.23. The van der Waals surface area contributed by atoms with E-state index in [1.165, 1.54) is 5.56 Å². The smallest absolute Gasteiger partial charge is 0.167 e. The van der Waals surface area contributed by atoms with Crippen molar-refractivity contribution in [2.24, 2.45) is 0 Å². The largest absolute Gasteiger partial charge is 0.365 e.